The molecule has 0 aromatic heterocycles. The molecule has 0 aromatic carbocycles. The summed E-state index contributed by atoms with van der Waals surface area (Å²) in [5, 5.41) is 9.46. The monoisotopic (exact) mass is 168 g/mol. The Balaban J connectivity index is 2.24. The second-order valence-electron chi connectivity index (χ2n) is 2.97. The third-order valence-corrected chi connectivity index (χ3v) is 1.85. The molecular formula is C9H12O3. The molecule has 0 heterocycles. The van der Waals surface area contributed by atoms with Gasteiger partial charge in [0.15, 0.2) is 6.61 Å². The molecule has 0 unspecified atom stereocenters. The maximum absolute atomic E-state index is 10.3. The third-order valence-electron chi connectivity index (χ3n) is 1.85. The lowest BCUT2D eigenvalue weighted by molar-refractivity contribution is -0.139. The molecule has 12 heavy (non-hydrogen) atoms. The normalized spacial score (nSPS) is 18.5. The van der Waals surface area contributed by atoms with Crippen LogP contribution in [-0.4, -0.2) is 23.3 Å². The van der Waals surface area contributed by atoms with Crippen molar-refractivity contribution < 1.29 is 14.6 Å². The first-order chi connectivity index (χ1) is 5.62. The summed E-state index contributed by atoms with van der Waals surface area (Å²) in [4.78, 5) is 10.3. The van der Waals surface area contributed by atoms with Crippen LogP contribution in [-0.2, 0) is 9.53 Å². The van der Waals surface area contributed by atoms with E-state index in [-0.39, 0.29) is 12.6 Å². The van der Waals surface area contributed by atoms with Crippen LogP contribution in [0.5, 0.6) is 0 Å². The average Bonchev–Trinajstić information content (AvgIpc) is 1.94. The Kier molecular flexibility index (Phi) is 2.72. The number of rotatable bonds is 1. The van der Waals surface area contributed by atoms with Gasteiger partial charge in [0.05, 0.1) is 0 Å². The Labute approximate surface area is 71.7 Å². The van der Waals surface area contributed by atoms with E-state index < -0.39 is 5.60 Å². The van der Waals surface area contributed by atoms with Crippen LogP contribution in [0.4, 0.5) is 0 Å². The van der Waals surface area contributed by atoms with Crippen LogP contribution in [0.15, 0.2) is 0 Å². The summed E-state index contributed by atoms with van der Waals surface area (Å²) in [6.45, 7) is 1.41. The van der Waals surface area contributed by atoms with E-state index in [1.54, 1.807) is 0 Å². The zero-order valence-electron chi connectivity index (χ0n) is 7.09. The molecular weight excluding hydrogens is 156 g/mol. The third kappa shape index (κ3) is 2.55. The molecule has 3 heteroatoms. The number of carbonyl (C=O) groups is 1. The Hall–Kier alpha value is -1.01. The highest BCUT2D eigenvalue weighted by Crippen LogP contribution is 2.30. The molecule has 0 bridgehead atoms. The topological polar surface area (TPSA) is 46.5 Å². The maximum atomic E-state index is 10.3. The quantitative estimate of drug-likeness (QED) is 0.457. The van der Waals surface area contributed by atoms with Crippen LogP contribution in [0.1, 0.15) is 26.2 Å². The molecule has 1 N–H and O–H groups in total. The molecule has 1 aliphatic rings. The number of esters is 1. The van der Waals surface area contributed by atoms with E-state index in [0.29, 0.717) is 0 Å². The predicted octanol–water partition coefficient (Wildman–Crippen LogP) is 0.468. The van der Waals surface area contributed by atoms with Crippen LogP contribution in [0.2, 0.25) is 0 Å². The van der Waals surface area contributed by atoms with E-state index >= 15 is 0 Å². The molecule has 0 aliphatic heterocycles. The predicted molar refractivity (Wildman–Crippen MR) is 43.2 cm³/mol. The first kappa shape index (κ1) is 9.08. The average molecular weight is 168 g/mol. The fourth-order valence-electron chi connectivity index (χ4n) is 0.975. The van der Waals surface area contributed by atoms with Gasteiger partial charge in [-0.3, -0.25) is 4.79 Å². The Morgan fingerprint density at radius 3 is 2.75 bits per heavy atom. The van der Waals surface area contributed by atoms with Gasteiger partial charge in [-0.05, 0) is 19.3 Å². The van der Waals surface area contributed by atoms with Crippen molar-refractivity contribution in [2.45, 2.75) is 31.8 Å². The van der Waals surface area contributed by atoms with Crippen LogP contribution < -0.4 is 0 Å². The highest BCUT2D eigenvalue weighted by molar-refractivity contribution is 5.66. The minimum absolute atomic E-state index is 0.0810. The molecule has 3 nitrogen and oxygen atoms in total. The molecule has 0 spiro atoms. The van der Waals surface area contributed by atoms with E-state index in [4.69, 9.17) is 0 Å². The zero-order valence-corrected chi connectivity index (χ0v) is 7.09. The Morgan fingerprint density at radius 1 is 1.67 bits per heavy atom. The SMILES string of the molecule is CC(=O)OCC#CC1(O)CCC1. The largest absolute Gasteiger partial charge is 0.453 e. The fourth-order valence-corrected chi connectivity index (χ4v) is 0.975. The van der Waals surface area contributed by atoms with Gasteiger partial charge in [0, 0.05) is 6.92 Å². The molecule has 1 rings (SSSR count). The summed E-state index contributed by atoms with van der Waals surface area (Å²) in [5.74, 6) is 4.95. The molecule has 0 aromatic rings. The summed E-state index contributed by atoms with van der Waals surface area (Å²) in [6, 6.07) is 0. The minimum Gasteiger partial charge on any atom is -0.453 e. The van der Waals surface area contributed by atoms with Crippen molar-refractivity contribution >= 4 is 5.97 Å². The molecule has 0 saturated heterocycles. The highest BCUT2D eigenvalue weighted by atomic mass is 16.5. The summed E-state index contributed by atoms with van der Waals surface area (Å²) in [5.41, 5.74) is -0.792. The van der Waals surface area contributed by atoms with Crippen LogP contribution in [0.3, 0.4) is 0 Å². The van der Waals surface area contributed by atoms with Gasteiger partial charge in [0.25, 0.3) is 0 Å². The van der Waals surface area contributed by atoms with Crippen molar-refractivity contribution in [3.8, 4) is 11.8 Å². The lowest BCUT2D eigenvalue weighted by atomic mass is 9.81. The standard InChI is InChI=1S/C9H12O3/c1-8(10)12-7-3-6-9(11)4-2-5-9/h11H,2,4-5,7H2,1H3. The van der Waals surface area contributed by atoms with Crippen molar-refractivity contribution in [2.75, 3.05) is 6.61 Å². The Morgan fingerprint density at radius 2 is 2.33 bits per heavy atom. The van der Waals surface area contributed by atoms with E-state index in [1.807, 2.05) is 0 Å². The van der Waals surface area contributed by atoms with Gasteiger partial charge in [0.2, 0.25) is 0 Å². The fraction of sp³-hybridized carbons (Fsp3) is 0.667. The molecule has 0 atom stereocenters. The second kappa shape index (κ2) is 3.59. The van der Waals surface area contributed by atoms with Crippen molar-refractivity contribution in [1.82, 2.24) is 0 Å². The van der Waals surface area contributed by atoms with Gasteiger partial charge < -0.3 is 9.84 Å². The zero-order chi connectivity index (χ0) is 9.03. The first-order valence-corrected chi connectivity index (χ1v) is 3.98. The van der Waals surface area contributed by atoms with Crippen molar-refractivity contribution in [1.29, 1.82) is 0 Å². The van der Waals surface area contributed by atoms with Gasteiger partial charge in [-0.25, -0.2) is 0 Å². The van der Waals surface area contributed by atoms with Crippen molar-refractivity contribution in [2.24, 2.45) is 0 Å². The highest BCUT2D eigenvalue weighted by Gasteiger charge is 2.31. The maximum Gasteiger partial charge on any atom is 0.303 e. The van der Waals surface area contributed by atoms with E-state index in [0.717, 1.165) is 19.3 Å². The van der Waals surface area contributed by atoms with E-state index in [2.05, 4.69) is 16.6 Å². The summed E-state index contributed by atoms with van der Waals surface area (Å²) < 4.78 is 4.58. The molecule has 1 fully saturated rings. The van der Waals surface area contributed by atoms with Gasteiger partial charge in [-0.2, -0.15) is 0 Å². The van der Waals surface area contributed by atoms with Gasteiger partial charge in [0.1, 0.15) is 5.60 Å². The van der Waals surface area contributed by atoms with Crippen molar-refractivity contribution in [3.63, 3.8) is 0 Å². The van der Waals surface area contributed by atoms with Crippen LogP contribution in [0.25, 0.3) is 0 Å². The second-order valence-corrected chi connectivity index (χ2v) is 2.97. The molecule has 1 saturated carbocycles. The molecule has 0 amide bonds. The summed E-state index contributed by atoms with van der Waals surface area (Å²) >= 11 is 0. The lowest BCUT2D eigenvalue weighted by Gasteiger charge is -2.30. The van der Waals surface area contributed by atoms with Gasteiger partial charge in [-0.1, -0.05) is 11.8 Å². The molecule has 1 aliphatic carbocycles. The van der Waals surface area contributed by atoms with Gasteiger partial charge in [-0.15, -0.1) is 0 Å². The number of hydrogen-bond donors (Lipinski definition) is 1. The Bertz CT molecular complexity index is 230. The summed E-state index contributed by atoms with van der Waals surface area (Å²) in [7, 11) is 0. The van der Waals surface area contributed by atoms with Crippen LogP contribution in [0, 0.1) is 11.8 Å². The number of carbonyl (C=O) groups excluding carboxylic acids is 1. The smallest absolute Gasteiger partial charge is 0.303 e. The minimum atomic E-state index is -0.792. The van der Waals surface area contributed by atoms with E-state index in [1.165, 1.54) is 6.92 Å². The molecule has 66 valence electrons. The number of aliphatic hydroxyl groups is 1. The lowest BCUT2D eigenvalue weighted by Crippen LogP contribution is -2.34. The number of ether oxygens (including phenoxy) is 1. The van der Waals surface area contributed by atoms with Gasteiger partial charge >= 0.3 is 5.97 Å². The first-order valence-electron chi connectivity index (χ1n) is 3.98. The van der Waals surface area contributed by atoms with Crippen molar-refractivity contribution in [3.05, 3.63) is 0 Å². The molecule has 0 radical (unpaired) electrons. The van der Waals surface area contributed by atoms with E-state index in [9.17, 15) is 9.90 Å². The summed E-state index contributed by atoms with van der Waals surface area (Å²) in [6.07, 6.45) is 2.50. The van der Waals surface area contributed by atoms with Crippen LogP contribution >= 0.6 is 0 Å². The number of hydrogen-bond acceptors (Lipinski definition) is 3.